The smallest absolute Gasteiger partial charge is 0.264 e. The van der Waals surface area contributed by atoms with Gasteiger partial charge in [0.2, 0.25) is 11.8 Å². The maximum Gasteiger partial charge on any atom is 0.264 e. The second-order valence-corrected chi connectivity index (χ2v) is 11.8. The third-order valence-corrected chi connectivity index (χ3v) is 8.08. The monoisotopic (exact) mass is 553 g/mol. The molecule has 0 saturated heterocycles. The molecule has 0 fully saturated rings. The molecule has 3 rings (SSSR count). The summed E-state index contributed by atoms with van der Waals surface area (Å²) in [4.78, 5) is 28.5. The molecular formula is C30H36FN3O4S. The van der Waals surface area contributed by atoms with E-state index in [4.69, 9.17) is 0 Å². The first kappa shape index (κ1) is 29.8. The Balaban J connectivity index is 2.05. The highest BCUT2D eigenvalue weighted by Gasteiger charge is 2.33. The van der Waals surface area contributed by atoms with E-state index in [1.54, 1.807) is 55.5 Å². The summed E-state index contributed by atoms with van der Waals surface area (Å²) < 4.78 is 42.3. The number of hydrogen-bond donors (Lipinski definition) is 1. The lowest BCUT2D eigenvalue weighted by Gasteiger charge is -2.33. The van der Waals surface area contributed by atoms with Crippen molar-refractivity contribution in [3.63, 3.8) is 0 Å². The fourth-order valence-electron chi connectivity index (χ4n) is 4.16. The predicted octanol–water partition coefficient (Wildman–Crippen LogP) is 4.97. The zero-order valence-corrected chi connectivity index (χ0v) is 23.8. The van der Waals surface area contributed by atoms with Gasteiger partial charge in [-0.3, -0.25) is 13.9 Å². The standard InChI is InChI=1S/C30H36FN3O4S/c1-6-28(30(36)32-21(2)3)33(19-24-11-13-25(31)14-12-24)29(35)20-34(26-15-7-22(4)8-16-26)39(37,38)27-17-9-23(5)10-18-27/h7-18,21,28H,6,19-20H2,1-5H3,(H,32,36)/t28-/m0/s1. The van der Waals surface area contributed by atoms with Crippen LogP contribution in [-0.2, 0) is 26.2 Å². The van der Waals surface area contributed by atoms with Gasteiger partial charge in [0, 0.05) is 12.6 Å². The van der Waals surface area contributed by atoms with Crippen molar-refractivity contribution < 1.29 is 22.4 Å². The van der Waals surface area contributed by atoms with Crippen LogP contribution in [0.2, 0.25) is 0 Å². The average molecular weight is 554 g/mol. The number of benzene rings is 3. The van der Waals surface area contributed by atoms with Crippen LogP contribution in [0.25, 0.3) is 0 Å². The van der Waals surface area contributed by atoms with E-state index in [-0.39, 0.29) is 23.4 Å². The number of aryl methyl sites for hydroxylation is 2. The van der Waals surface area contributed by atoms with Crippen LogP contribution in [0.5, 0.6) is 0 Å². The summed E-state index contributed by atoms with van der Waals surface area (Å²) in [6.45, 7) is 8.67. The summed E-state index contributed by atoms with van der Waals surface area (Å²) in [6, 6.07) is 17.9. The summed E-state index contributed by atoms with van der Waals surface area (Å²) >= 11 is 0. The summed E-state index contributed by atoms with van der Waals surface area (Å²) in [5.41, 5.74) is 2.78. The molecule has 0 radical (unpaired) electrons. The molecule has 0 aliphatic heterocycles. The van der Waals surface area contributed by atoms with Crippen LogP contribution in [0.15, 0.2) is 77.7 Å². The molecular weight excluding hydrogens is 517 g/mol. The average Bonchev–Trinajstić information content (AvgIpc) is 2.88. The van der Waals surface area contributed by atoms with Crippen molar-refractivity contribution in [3.8, 4) is 0 Å². The zero-order chi connectivity index (χ0) is 28.7. The number of amides is 2. The van der Waals surface area contributed by atoms with Crippen LogP contribution in [0.1, 0.15) is 43.9 Å². The normalized spacial score (nSPS) is 12.2. The van der Waals surface area contributed by atoms with Gasteiger partial charge in [-0.1, -0.05) is 54.4 Å². The molecule has 0 unspecified atom stereocenters. The van der Waals surface area contributed by atoms with Gasteiger partial charge in [-0.15, -0.1) is 0 Å². The van der Waals surface area contributed by atoms with E-state index in [1.165, 1.54) is 29.2 Å². The van der Waals surface area contributed by atoms with E-state index in [0.29, 0.717) is 17.7 Å². The third kappa shape index (κ3) is 7.66. The van der Waals surface area contributed by atoms with Gasteiger partial charge in [0.25, 0.3) is 10.0 Å². The Kier molecular flexibility index (Phi) is 9.86. The van der Waals surface area contributed by atoms with Crippen LogP contribution >= 0.6 is 0 Å². The number of carbonyl (C=O) groups is 2. The quantitative estimate of drug-likeness (QED) is 0.363. The Hall–Kier alpha value is -3.72. The molecule has 0 heterocycles. The Morgan fingerprint density at radius 3 is 1.92 bits per heavy atom. The molecule has 0 aliphatic rings. The molecule has 0 spiro atoms. The summed E-state index contributed by atoms with van der Waals surface area (Å²) in [7, 11) is -4.13. The maximum absolute atomic E-state index is 14.0. The first-order valence-corrected chi connectivity index (χ1v) is 14.4. The second-order valence-electron chi connectivity index (χ2n) is 9.90. The molecule has 3 aromatic carbocycles. The SMILES string of the molecule is CC[C@@H](C(=O)NC(C)C)N(Cc1ccc(F)cc1)C(=O)CN(c1ccc(C)cc1)S(=O)(=O)c1ccc(C)cc1. The first-order valence-electron chi connectivity index (χ1n) is 12.9. The van der Waals surface area contributed by atoms with E-state index < -0.39 is 34.3 Å². The molecule has 0 saturated carbocycles. The van der Waals surface area contributed by atoms with Crippen LogP contribution < -0.4 is 9.62 Å². The Morgan fingerprint density at radius 2 is 1.41 bits per heavy atom. The molecule has 39 heavy (non-hydrogen) atoms. The lowest BCUT2D eigenvalue weighted by atomic mass is 10.1. The highest BCUT2D eigenvalue weighted by atomic mass is 32.2. The van der Waals surface area contributed by atoms with Gasteiger partial charge < -0.3 is 10.2 Å². The first-order chi connectivity index (χ1) is 18.4. The van der Waals surface area contributed by atoms with Crippen LogP contribution in [-0.4, -0.2) is 43.8 Å². The Morgan fingerprint density at radius 1 is 0.872 bits per heavy atom. The van der Waals surface area contributed by atoms with E-state index >= 15 is 0 Å². The van der Waals surface area contributed by atoms with E-state index in [9.17, 15) is 22.4 Å². The third-order valence-electron chi connectivity index (χ3n) is 6.29. The van der Waals surface area contributed by atoms with Gasteiger partial charge in [0.15, 0.2) is 0 Å². The van der Waals surface area contributed by atoms with Crippen LogP contribution in [0.4, 0.5) is 10.1 Å². The van der Waals surface area contributed by atoms with E-state index in [0.717, 1.165) is 15.4 Å². The van der Waals surface area contributed by atoms with Crippen molar-refractivity contribution in [2.24, 2.45) is 0 Å². The van der Waals surface area contributed by atoms with Gasteiger partial charge in [-0.25, -0.2) is 12.8 Å². The summed E-state index contributed by atoms with van der Waals surface area (Å²) in [5.74, 6) is -1.32. The van der Waals surface area contributed by atoms with Crippen molar-refractivity contribution in [1.29, 1.82) is 0 Å². The van der Waals surface area contributed by atoms with Gasteiger partial charge in [-0.05, 0) is 76.1 Å². The highest BCUT2D eigenvalue weighted by molar-refractivity contribution is 7.92. The minimum Gasteiger partial charge on any atom is -0.352 e. The fourth-order valence-corrected chi connectivity index (χ4v) is 5.58. The Bertz CT molecular complexity index is 1370. The van der Waals surface area contributed by atoms with Crippen molar-refractivity contribution in [2.75, 3.05) is 10.8 Å². The summed E-state index contributed by atoms with van der Waals surface area (Å²) in [5, 5.41) is 2.85. The van der Waals surface area contributed by atoms with Crippen molar-refractivity contribution in [3.05, 3.63) is 95.3 Å². The predicted molar refractivity (Wildman–Crippen MR) is 151 cm³/mol. The maximum atomic E-state index is 14.0. The van der Waals surface area contributed by atoms with Gasteiger partial charge >= 0.3 is 0 Å². The molecule has 1 atom stereocenters. The zero-order valence-electron chi connectivity index (χ0n) is 23.0. The lowest BCUT2D eigenvalue weighted by molar-refractivity contribution is -0.140. The number of carbonyl (C=O) groups excluding carboxylic acids is 2. The topological polar surface area (TPSA) is 86.8 Å². The van der Waals surface area contributed by atoms with Crippen LogP contribution in [0.3, 0.4) is 0 Å². The molecule has 3 aromatic rings. The lowest BCUT2D eigenvalue weighted by Crippen LogP contribution is -2.53. The number of sulfonamides is 1. The molecule has 2 amide bonds. The number of halogens is 1. The minimum atomic E-state index is -4.13. The van der Waals surface area contributed by atoms with Crippen molar-refractivity contribution in [1.82, 2.24) is 10.2 Å². The van der Waals surface area contributed by atoms with Gasteiger partial charge in [-0.2, -0.15) is 0 Å². The number of hydrogen-bond acceptors (Lipinski definition) is 4. The number of nitrogens with zero attached hydrogens (tertiary/aromatic N) is 2. The fraction of sp³-hybridized carbons (Fsp3) is 0.333. The molecule has 208 valence electrons. The molecule has 7 nitrogen and oxygen atoms in total. The van der Waals surface area contributed by atoms with Crippen molar-refractivity contribution >= 4 is 27.5 Å². The highest BCUT2D eigenvalue weighted by Crippen LogP contribution is 2.25. The summed E-state index contributed by atoms with van der Waals surface area (Å²) in [6.07, 6.45) is 0.306. The molecule has 0 aliphatic carbocycles. The van der Waals surface area contributed by atoms with Gasteiger partial charge in [0.1, 0.15) is 18.4 Å². The largest absolute Gasteiger partial charge is 0.352 e. The number of anilines is 1. The molecule has 0 bridgehead atoms. The molecule has 0 aromatic heterocycles. The van der Waals surface area contributed by atoms with Gasteiger partial charge in [0.05, 0.1) is 10.6 Å². The molecule has 9 heteroatoms. The number of nitrogens with one attached hydrogen (secondary N) is 1. The van der Waals surface area contributed by atoms with E-state index in [1.807, 2.05) is 27.7 Å². The number of rotatable bonds is 11. The molecule has 1 N–H and O–H groups in total. The van der Waals surface area contributed by atoms with E-state index in [2.05, 4.69) is 5.32 Å². The van der Waals surface area contributed by atoms with Crippen LogP contribution in [0, 0.1) is 19.7 Å². The minimum absolute atomic E-state index is 0.00938. The van der Waals surface area contributed by atoms with Crippen molar-refractivity contribution in [2.45, 2.75) is 64.6 Å². The second kappa shape index (κ2) is 12.9. The Labute approximate surface area is 230 Å².